The van der Waals surface area contributed by atoms with Crippen molar-refractivity contribution in [2.24, 2.45) is 13.0 Å². The third kappa shape index (κ3) is 4.81. The average Bonchev–Trinajstić information content (AvgIpc) is 3.72. The molecular formula is C32H36N4O2. The van der Waals surface area contributed by atoms with Crippen molar-refractivity contribution in [3.63, 3.8) is 0 Å². The number of fused-ring (bicyclic) bond motifs is 1. The Kier molecular flexibility index (Phi) is 6.66. The highest BCUT2D eigenvalue weighted by atomic mass is 16.2. The molecule has 6 rings (SSSR count). The summed E-state index contributed by atoms with van der Waals surface area (Å²) in [5.41, 5.74) is 5.89. The first-order valence-electron chi connectivity index (χ1n) is 13.8. The first-order valence-corrected chi connectivity index (χ1v) is 13.8. The molecule has 1 saturated heterocycles. The molecule has 0 unspecified atom stereocenters. The zero-order valence-electron chi connectivity index (χ0n) is 22.3. The van der Waals surface area contributed by atoms with Crippen LogP contribution in [0.3, 0.4) is 0 Å². The Bertz CT molecular complexity index is 1520. The summed E-state index contributed by atoms with van der Waals surface area (Å²) < 4.78 is 3.92. The van der Waals surface area contributed by atoms with Crippen LogP contribution in [0.15, 0.2) is 77.9 Å². The van der Waals surface area contributed by atoms with Crippen LogP contribution in [-0.4, -0.2) is 39.1 Å². The van der Waals surface area contributed by atoms with E-state index in [1.165, 1.54) is 27.6 Å². The van der Waals surface area contributed by atoms with Crippen LogP contribution in [0.1, 0.15) is 47.4 Å². The van der Waals surface area contributed by atoms with Gasteiger partial charge in [0.25, 0.3) is 5.56 Å². The van der Waals surface area contributed by atoms with Gasteiger partial charge in [-0.05, 0) is 73.0 Å². The molecule has 6 heteroatoms. The lowest BCUT2D eigenvalue weighted by Crippen LogP contribution is -2.47. The van der Waals surface area contributed by atoms with E-state index in [-0.39, 0.29) is 23.3 Å². The van der Waals surface area contributed by atoms with Crippen molar-refractivity contribution < 1.29 is 4.79 Å². The number of carbonyl (C=O) groups is 1. The normalized spacial score (nSPS) is 19.5. The molecule has 2 aliphatic rings. The van der Waals surface area contributed by atoms with Gasteiger partial charge in [0, 0.05) is 62.1 Å². The molecule has 1 aliphatic heterocycles. The van der Waals surface area contributed by atoms with Gasteiger partial charge in [0.15, 0.2) is 0 Å². The third-order valence-electron chi connectivity index (χ3n) is 8.36. The highest BCUT2D eigenvalue weighted by Crippen LogP contribution is 2.37. The summed E-state index contributed by atoms with van der Waals surface area (Å²) in [6, 6.07) is 21.0. The van der Waals surface area contributed by atoms with Crippen molar-refractivity contribution >= 4 is 16.8 Å². The lowest BCUT2D eigenvalue weighted by atomic mass is 9.80. The number of aryl methyl sites for hydroxylation is 2. The van der Waals surface area contributed by atoms with E-state index in [1.54, 1.807) is 17.7 Å². The van der Waals surface area contributed by atoms with E-state index in [4.69, 9.17) is 0 Å². The first-order chi connectivity index (χ1) is 18.5. The first kappa shape index (κ1) is 24.7. The number of nitrogens with zero attached hydrogens (tertiary/aromatic N) is 3. The number of hydrogen-bond donors (Lipinski definition) is 1. The van der Waals surface area contributed by atoms with Gasteiger partial charge in [0.05, 0.1) is 5.92 Å². The monoisotopic (exact) mass is 508 g/mol. The van der Waals surface area contributed by atoms with Gasteiger partial charge in [-0.3, -0.25) is 9.59 Å². The molecular weight excluding hydrogens is 472 g/mol. The SMILES string of the molecule is Cc1cccc2c1c(CN(C(=O)[C@@H]1CNCC[C@H]1c1ccn(C)c(=O)c1)C1CC1)cn2Cc1ccccc1. The largest absolute Gasteiger partial charge is 0.343 e. The average molecular weight is 509 g/mol. The molecule has 1 N–H and O–H groups in total. The number of amides is 1. The maximum absolute atomic E-state index is 14.2. The summed E-state index contributed by atoms with van der Waals surface area (Å²) in [4.78, 5) is 28.8. The predicted octanol–water partition coefficient (Wildman–Crippen LogP) is 4.58. The molecule has 6 nitrogen and oxygen atoms in total. The van der Waals surface area contributed by atoms with E-state index in [1.807, 2.05) is 18.3 Å². The van der Waals surface area contributed by atoms with Gasteiger partial charge < -0.3 is 19.4 Å². The minimum Gasteiger partial charge on any atom is -0.343 e. The van der Waals surface area contributed by atoms with Gasteiger partial charge in [-0.15, -0.1) is 0 Å². The molecule has 2 atom stereocenters. The summed E-state index contributed by atoms with van der Waals surface area (Å²) in [5.74, 6) is 0.0956. The van der Waals surface area contributed by atoms with E-state index in [9.17, 15) is 9.59 Å². The van der Waals surface area contributed by atoms with E-state index in [2.05, 4.69) is 70.4 Å². The van der Waals surface area contributed by atoms with Crippen LogP contribution in [0.4, 0.5) is 0 Å². The molecule has 196 valence electrons. The van der Waals surface area contributed by atoms with Crippen LogP contribution >= 0.6 is 0 Å². The summed E-state index contributed by atoms with van der Waals surface area (Å²) in [7, 11) is 1.77. The minimum atomic E-state index is -0.171. The predicted molar refractivity (Wildman–Crippen MR) is 151 cm³/mol. The number of aromatic nitrogens is 2. The van der Waals surface area contributed by atoms with E-state index in [0.29, 0.717) is 19.1 Å². The minimum absolute atomic E-state index is 0.0204. The van der Waals surface area contributed by atoms with Crippen LogP contribution in [-0.2, 0) is 24.9 Å². The number of rotatable bonds is 7. The highest BCUT2D eigenvalue weighted by molar-refractivity contribution is 5.88. The second-order valence-corrected chi connectivity index (χ2v) is 11.0. The number of nitrogens with one attached hydrogen (secondary N) is 1. The van der Waals surface area contributed by atoms with Gasteiger partial charge in [0.2, 0.25) is 5.91 Å². The molecule has 4 aromatic rings. The van der Waals surface area contributed by atoms with Gasteiger partial charge in [-0.1, -0.05) is 42.5 Å². The number of carbonyl (C=O) groups excluding carboxylic acids is 1. The Morgan fingerprint density at radius 1 is 1.05 bits per heavy atom. The summed E-state index contributed by atoms with van der Waals surface area (Å²) in [6.07, 6.45) is 7.06. The molecule has 1 saturated carbocycles. The lowest BCUT2D eigenvalue weighted by molar-refractivity contribution is -0.138. The molecule has 0 bridgehead atoms. The molecule has 2 aromatic carbocycles. The van der Waals surface area contributed by atoms with Gasteiger partial charge in [0.1, 0.15) is 0 Å². The van der Waals surface area contributed by atoms with Crippen molar-refractivity contribution in [2.75, 3.05) is 13.1 Å². The maximum atomic E-state index is 14.2. The van der Waals surface area contributed by atoms with Gasteiger partial charge in [-0.25, -0.2) is 0 Å². The van der Waals surface area contributed by atoms with Gasteiger partial charge in [-0.2, -0.15) is 0 Å². The summed E-state index contributed by atoms with van der Waals surface area (Å²) >= 11 is 0. The second kappa shape index (κ2) is 10.3. The molecule has 0 radical (unpaired) electrons. The Morgan fingerprint density at radius 2 is 1.87 bits per heavy atom. The van der Waals surface area contributed by atoms with Crippen molar-refractivity contribution in [3.05, 3.63) is 106 Å². The Morgan fingerprint density at radius 3 is 2.63 bits per heavy atom. The van der Waals surface area contributed by atoms with E-state index in [0.717, 1.165) is 37.9 Å². The Labute approximate surface area is 223 Å². The second-order valence-electron chi connectivity index (χ2n) is 11.0. The molecule has 3 heterocycles. The van der Waals surface area contributed by atoms with Gasteiger partial charge >= 0.3 is 0 Å². The highest BCUT2D eigenvalue weighted by Gasteiger charge is 2.40. The summed E-state index contributed by atoms with van der Waals surface area (Å²) in [6.45, 7) is 5.09. The van der Waals surface area contributed by atoms with Crippen LogP contribution in [0.25, 0.3) is 10.9 Å². The van der Waals surface area contributed by atoms with Crippen LogP contribution in [0.5, 0.6) is 0 Å². The number of benzene rings is 2. The van der Waals surface area contributed by atoms with E-state index < -0.39 is 0 Å². The van der Waals surface area contributed by atoms with Crippen molar-refractivity contribution in [2.45, 2.75) is 51.2 Å². The molecule has 2 aromatic heterocycles. The molecule has 1 aliphatic carbocycles. The molecule has 38 heavy (non-hydrogen) atoms. The van der Waals surface area contributed by atoms with Crippen molar-refractivity contribution in [3.8, 4) is 0 Å². The van der Waals surface area contributed by atoms with E-state index >= 15 is 0 Å². The van der Waals surface area contributed by atoms with Crippen molar-refractivity contribution in [1.29, 1.82) is 0 Å². The fraction of sp³-hybridized carbons (Fsp3) is 0.375. The van der Waals surface area contributed by atoms with Crippen LogP contribution in [0.2, 0.25) is 0 Å². The smallest absolute Gasteiger partial charge is 0.250 e. The lowest BCUT2D eigenvalue weighted by Gasteiger charge is -2.35. The topological polar surface area (TPSA) is 59.3 Å². The maximum Gasteiger partial charge on any atom is 0.250 e. The summed E-state index contributed by atoms with van der Waals surface area (Å²) in [5, 5.41) is 4.71. The van der Waals surface area contributed by atoms with Crippen LogP contribution in [0, 0.1) is 12.8 Å². The fourth-order valence-corrected chi connectivity index (χ4v) is 6.14. The number of pyridine rings is 1. The van der Waals surface area contributed by atoms with Crippen LogP contribution < -0.4 is 10.9 Å². The number of piperidine rings is 1. The molecule has 1 amide bonds. The molecule has 0 spiro atoms. The standard InChI is InChI=1S/C32H36N4O2/c1-22-7-6-10-29-31(22)25(20-35(29)19-23-8-4-3-5-9-23)21-36(26-11-12-26)32(38)28-18-33-15-13-27(28)24-14-16-34(2)30(37)17-24/h3-10,14,16-17,20,26-28,33H,11-13,15,18-19,21H2,1-2H3/t27-,28+/m0/s1. The third-order valence-corrected chi connectivity index (χ3v) is 8.36. The fourth-order valence-electron chi connectivity index (χ4n) is 6.14. The Hall–Kier alpha value is -3.64. The zero-order valence-corrected chi connectivity index (χ0v) is 22.3. The Balaban J connectivity index is 1.33. The zero-order chi connectivity index (χ0) is 26.2. The van der Waals surface area contributed by atoms with Crippen molar-refractivity contribution in [1.82, 2.24) is 19.4 Å². The number of hydrogen-bond acceptors (Lipinski definition) is 3. The quantitative estimate of drug-likeness (QED) is 0.398. The molecule has 2 fully saturated rings.